The number of hydrogen-bond acceptors (Lipinski definition) is 5. The van der Waals surface area contributed by atoms with Crippen LogP contribution in [0.25, 0.3) is 0 Å². The van der Waals surface area contributed by atoms with Gasteiger partial charge in [-0.2, -0.15) is 0 Å². The van der Waals surface area contributed by atoms with E-state index in [-0.39, 0.29) is 20.6 Å². The van der Waals surface area contributed by atoms with Gasteiger partial charge in [0, 0.05) is 5.02 Å². The minimum atomic E-state index is -4.05. The molecular weight excluding hydrogens is 303 g/mol. The Morgan fingerprint density at radius 3 is 2.28 bits per heavy atom. The van der Waals surface area contributed by atoms with Crippen molar-refractivity contribution in [2.45, 2.75) is 10.9 Å². The lowest BCUT2D eigenvalue weighted by molar-refractivity contribution is 0.185. The molecule has 0 bridgehead atoms. The summed E-state index contributed by atoms with van der Waals surface area (Å²) in [5.74, 6) is 0. The first kappa shape index (κ1) is 15.5. The van der Waals surface area contributed by atoms with Crippen LogP contribution in [0.4, 0.5) is 5.69 Å². The molecule has 1 rings (SSSR count). The highest BCUT2D eigenvalue weighted by atomic mass is 35.5. The number of halogens is 2. The smallest absolute Gasteiger partial charge is 0.244 e. The van der Waals surface area contributed by atoms with E-state index in [0.717, 1.165) is 0 Å². The third-order valence-corrected chi connectivity index (χ3v) is 4.33. The molecule has 0 unspecified atom stereocenters. The molecule has 1 aromatic rings. The fourth-order valence-corrected chi connectivity index (χ4v) is 3.48. The molecule has 0 spiro atoms. The minimum absolute atomic E-state index is 0.116. The summed E-state index contributed by atoms with van der Waals surface area (Å²) in [5, 5.41) is 17.8. The van der Waals surface area contributed by atoms with Crippen LogP contribution in [0.1, 0.15) is 0 Å². The zero-order valence-electron chi connectivity index (χ0n) is 9.10. The van der Waals surface area contributed by atoms with Gasteiger partial charge in [0.1, 0.15) is 4.90 Å². The topological polar surface area (TPSA) is 113 Å². The Morgan fingerprint density at radius 2 is 1.83 bits per heavy atom. The van der Waals surface area contributed by atoms with Gasteiger partial charge in [-0.15, -0.1) is 0 Å². The first-order valence-electron chi connectivity index (χ1n) is 4.80. The highest BCUT2D eigenvalue weighted by Gasteiger charge is 2.24. The second-order valence-electron chi connectivity index (χ2n) is 3.49. The van der Waals surface area contributed by atoms with Crippen molar-refractivity contribution >= 4 is 38.9 Å². The molecule has 102 valence electrons. The SMILES string of the molecule is Nc1cc(Cl)cc(Cl)c1S(=O)(=O)NC(CO)CO. The number of nitrogens with two attached hydrogens (primary N) is 1. The Morgan fingerprint density at radius 1 is 1.28 bits per heavy atom. The van der Waals surface area contributed by atoms with E-state index in [4.69, 9.17) is 39.1 Å². The third kappa shape index (κ3) is 3.47. The molecule has 0 aliphatic rings. The Balaban J connectivity index is 3.21. The largest absolute Gasteiger partial charge is 0.398 e. The maximum Gasteiger partial charge on any atom is 0.244 e. The summed E-state index contributed by atoms with van der Waals surface area (Å²) < 4.78 is 26.0. The summed E-state index contributed by atoms with van der Waals surface area (Å²) in [6.07, 6.45) is 0. The summed E-state index contributed by atoms with van der Waals surface area (Å²) in [6.45, 7) is -1.11. The minimum Gasteiger partial charge on any atom is -0.398 e. The lowest BCUT2D eigenvalue weighted by atomic mass is 10.3. The number of nitrogens with one attached hydrogen (secondary N) is 1. The normalized spacial score (nSPS) is 12.1. The quantitative estimate of drug-likeness (QED) is 0.580. The summed E-state index contributed by atoms with van der Waals surface area (Å²) in [5.41, 5.74) is 5.44. The van der Waals surface area contributed by atoms with Crippen LogP contribution in [0.5, 0.6) is 0 Å². The van der Waals surface area contributed by atoms with Gasteiger partial charge in [0.05, 0.1) is 30.0 Å². The summed E-state index contributed by atoms with van der Waals surface area (Å²) in [4.78, 5) is -0.333. The van der Waals surface area contributed by atoms with Crippen molar-refractivity contribution in [3.63, 3.8) is 0 Å². The van der Waals surface area contributed by atoms with Crippen molar-refractivity contribution in [3.05, 3.63) is 22.2 Å². The molecule has 0 atom stereocenters. The highest BCUT2D eigenvalue weighted by molar-refractivity contribution is 7.89. The van der Waals surface area contributed by atoms with Crippen LogP contribution < -0.4 is 10.5 Å². The second-order valence-corrected chi connectivity index (χ2v) is 5.98. The molecule has 6 nitrogen and oxygen atoms in total. The molecule has 0 saturated heterocycles. The van der Waals surface area contributed by atoms with Gasteiger partial charge in [0.2, 0.25) is 10.0 Å². The summed E-state index contributed by atoms with van der Waals surface area (Å²) in [7, 11) is -4.05. The van der Waals surface area contributed by atoms with Gasteiger partial charge in [-0.05, 0) is 12.1 Å². The van der Waals surface area contributed by atoms with Crippen molar-refractivity contribution in [1.82, 2.24) is 4.72 Å². The average Bonchev–Trinajstić information content (AvgIpc) is 2.23. The van der Waals surface area contributed by atoms with Crippen LogP contribution in [-0.4, -0.2) is 37.9 Å². The van der Waals surface area contributed by atoms with Gasteiger partial charge in [0.15, 0.2) is 0 Å². The van der Waals surface area contributed by atoms with E-state index in [1.54, 1.807) is 0 Å². The molecule has 0 radical (unpaired) electrons. The Bertz CT molecular complexity index is 508. The van der Waals surface area contributed by atoms with Crippen LogP contribution >= 0.6 is 23.2 Å². The second kappa shape index (κ2) is 6.05. The number of rotatable bonds is 5. The van der Waals surface area contributed by atoms with Crippen molar-refractivity contribution in [3.8, 4) is 0 Å². The standard InChI is InChI=1S/C9H12Cl2N2O4S/c10-5-1-7(11)9(8(12)2-5)18(16,17)13-6(3-14)4-15/h1-2,6,13-15H,3-4,12H2. The van der Waals surface area contributed by atoms with E-state index in [0.29, 0.717) is 0 Å². The van der Waals surface area contributed by atoms with Crippen molar-refractivity contribution in [1.29, 1.82) is 0 Å². The molecule has 0 aliphatic heterocycles. The zero-order valence-corrected chi connectivity index (χ0v) is 11.4. The number of nitrogen functional groups attached to an aromatic ring is 1. The van der Waals surface area contributed by atoms with Gasteiger partial charge in [-0.1, -0.05) is 23.2 Å². The average molecular weight is 315 g/mol. The first-order valence-corrected chi connectivity index (χ1v) is 7.04. The number of sulfonamides is 1. The van der Waals surface area contributed by atoms with Gasteiger partial charge >= 0.3 is 0 Å². The lowest BCUT2D eigenvalue weighted by Gasteiger charge is -2.16. The molecule has 5 N–H and O–H groups in total. The van der Waals surface area contributed by atoms with Crippen LogP contribution in [0.15, 0.2) is 17.0 Å². The number of aliphatic hydroxyl groups is 2. The van der Waals surface area contributed by atoms with Crippen LogP contribution in [0.3, 0.4) is 0 Å². The van der Waals surface area contributed by atoms with Crippen LogP contribution in [-0.2, 0) is 10.0 Å². The lowest BCUT2D eigenvalue weighted by Crippen LogP contribution is -2.40. The number of hydrogen-bond donors (Lipinski definition) is 4. The van der Waals surface area contributed by atoms with Crippen molar-refractivity contribution < 1.29 is 18.6 Å². The maximum atomic E-state index is 12.0. The maximum absolute atomic E-state index is 12.0. The molecule has 0 heterocycles. The molecule has 0 aromatic heterocycles. The molecule has 0 saturated carbocycles. The third-order valence-electron chi connectivity index (χ3n) is 2.07. The van der Waals surface area contributed by atoms with Gasteiger partial charge < -0.3 is 15.9 Å². The molecule has 0 amide bonds. The number of aliphatic hydroxyl groups excluding tert-OH is 2. The Kier molecular flexibility index (Phi) is 5.20. The number of anilines is 1. The van der Waals surface area contributed by atoms with E-state index in [9.17, 15) is 8.42 Å². The molecule has 18 heavy (non-hydrogen) atoms. The Labute approximate surface area is 114 Å². The van der Waals surface area contributed by atoms with Gasteiger partial charge in [0.25, 0.3) is 0 Å². The van der Waals surface area contributed by atoms with Gasteiger partial charge in [-0.3, -0.25) is 0 Å². The van der Waals surface area contributed by atoms with E-state index >= 15 is 0 Å². The van der Waals surface area contributed by atoms with E-state index < -0.39 is 29.3 Å². The molecule has 1 aromatic carbocycles. The fraction of sp³-hybridized carbons (Fsp3) is 0.333. The zero-order chi connectivity index (χ0) is 13.9. The molecule has 0 fully saturated rings. The predicted octanol–water partition coefficient (Wildman–Crippen LogP) is 0.207. The molecule has 0 aliphatic carbocycles. The van der Waals surface area contributed by atoms with Crippen LogP contribution in [0.2, 0.25) is 10.0 Å². The number of benzene rings is 1. The van der Waals surface area contributed by atoms with E-state index in [2.05, 4.69) is 4.72 Å². The predicted molar refractivity (Wildman–Crippen MR) is 69.2 cm³/mol. The monoisotopic (exact) mass is 314 g/mol. The van der Waals surface area contributed by atoms with E-state index in [1.165, 1.54) is 12.1 Å². The van der Waals surface area contributed by atoms with Crippen LogP contribution in [0, 0.1) is 0 Å². The molecular formula is C9H12Cl2N2O4S. The highest BCUT2D eigenvalue weighted by Crippen LogP contribution is 2.31. The summed E-state index contributed by atoms with van der Waals surface area (Å²) >= 11 is 11.5. The molecule has 9 heteroatoms. The Hall–Kier alpha value is -0.570. The van der Waals surface area contributed by atoms with Crippen molar-refractivity contribution in [2.24, 2.45) is 0 Å². The first-order chi connectivity index (χ1) is 8.31. The van der Waals surface area contributed by atoms with E-state index in [1.807, 2.05) is 0 Å². The fourth-order valence-electron chi connectivity index (χ4n) is 1.27. The van der Waals surface area contributed by atoms with Crippen molar-refractivity contribution in [2.75, 3.05) is 18.9 Å². The summed E-state index contributed by atoms with van der Waals surface area (Å²) in [6, 6.07) is 1.46. The van der Waals surface area contributed by atoms with Gasteiger partial charge in [-0.25, -0.2) is 13.1 Å².